The van der Waals surface area contributed by atoms with Crippen molar-refractivity contribution in [2.24, 2.45) is 5.92 Å². The predicted molar refractivity (Wildman–Crippen MR) is 41.8 cm³/mol. The molecule has 1 atom stereocenters. The molecular weight excluding hydrogens is 124 g/mol. The molecule has 1 N–H and O–H groups in total. The van der Waals surface area contributed by atoms with Crippen molar-refractivity contribution in [1.29, 1.82) is 0 Å². The van der Waals surface area contributed by atoms with Crippen LogP contribution < -0.4 is 0 Å². The fourth-order valence-corrected chi connectivity index (χ4v) is 0.935. The average Bonchev–Trinajstić information content (AvgIpc) is 2.03. The normalized spacial score (nSPS) is 24.3. The van der Waals surface area contributed by atoms with Gasteiger partial charge < -0.3 is 5.11 Å². The molecule has 0 saturated carbocycles. The van der Waals surface area contributed by atoms with Crippen LogP contribution in [0.15, 0.2) is 36.5 Å². The van der Waals surface area contributed by atoms with Crippen LogP contribution in [-0.4, -0.2) is 5.11 Å². The molecule has 0 bridgehead atoms. The second-order valence-electron chi connectivity index (χ2n) is 2.25. The molecular formula is C9H11O. The first-order valence-corrected chi connectivity index (χ1v) is 3.41. The lowest BCUT2D eigenvalue weighted by molar-refractivity contribution is 0.420. The van der Waals surface area contributed by atoms with E-state index in [1.165, 1.54) is 0 Å². The Balaban J connectivity index is 2.36. The maximum Gasteiger partial charge on any atom is 0.102 e. The zero-order valence-corrected chi connectivity index (χ0v) is 5.77. The summed E-state index contributed by atoms with van der Waals surface area (Å²) in [6.07, 6.45) is 13.0. The Bertz CT molecular complexity index is 166. The number of rotatable bonds is 2. The van der Waals surface area contributed by atoms with Gasteiger partial charge in [0.1, 0.15) is 6.61 Å². The lowest BCUT2D eigenvalue weighted by Crippen LogP contribution is -1.91. The van der Waals surface area contributed by atoms with E-state index < -0.39 is 0 Å². The van der Waals surface area contributed by atoms with Gasteiger partial charge in [-0.25, -0.2) is 0 Å². The van der Waals surface area contributed by atoms with E-state index in [-0.39, 0.29) is 0 Å². The highest BCUT2D eigenvalue weighted by atomic mass is 16.2. The van der Waals surface area contributed by atoms with E-state index in [9.17, 15) is 0 Å². The first kappa shape index (κ1) is 7.29. The van der Waals surface area contributed by atoms with Crippen LogP contribution in [0.4, 0.5) is 0 Å². The van der Waals surface area contributed by atoms with Crippen LogP contribution in [0.3, 0.4) is 0 Å². The topological polar surface area (TPSA) is 20.2 Å². The van der Waals surface area contributed by atoms with Crippen LogP contribution in [0.25, 0.3) is 0 Å². The van der Waals surface area contributed by atoms with Gasteiger partial charge in [0, 0.05) is 0 Å². The van der Waals surface area contributed by atoms with Crippen LogP contribution >= 0.6 is 0 Å². The van der Waals surface area contributed by atoms with Gasteiger partial charge >= 0.3 is 0 Å². The Morgan fingerprint density at radius 2 is 2.30 bits per heavy atom. The third kappa shape index (κ3) is 2.19. The highest BCUT2D eigenvalue weighted by Gasteiger charge is 1.97. The van der Waals surface area contributed by atoms with Crippen molar-refractivity contribution < 1.29 is 5.11 Å². The molecule has 1 unspecified atom stereocenters. The van der Waals surface area contributed by atoms with E-state index >= 15 is 0 Å². The fraction of sp³-hybridized carbons (Fsp3) is 0.222. The monoisotopic (exact) mass is 135 g/mol. The zero-order valence-electron chi connectivity index (χ0n) is 5.77. The Labute approximate surface area is 61.4 Å². The Kier molecular flexibility index (Phi) is 2.97. The molecule has 1 radical (unpaired) electrons. The first-order chi connectivity index (χ1) is 4.93. The lowest BCUT2D eigenvalue weighted by Gasteiger charge is -2.05. The van der Waals surface area contributed by atoms with Crippen LogP contribution in [0, 0.1) is 12.5 Å². The van der Waals surface area contributed by atoms with E-state index in [1.54, 1.807) is 6.08 Å². The van der Waals surface area contributed by atoms with Gasteiger partial charge in [0.2, 0.25) is 0 Å². The summed E-state index contributed by atoms with van der Waals surface area (Å²) in [7, 11) is 0. The summed E-state index contributed by atoms with van der Waals surface area (Å²) in [6.45, 7) is 1.06. The van der Waals surface area contributed by atoms with Crippen LogP contribution in [0.1, 0.15) is 6.42 Å². The molecule has 1 aliphatic carbocycles. The molecule has 0 aromatic heterocycles. The predicted octanol–water partition coefficient (Wildman–Crippen LogP) is 2.21. The quantitative estimate of drug-likeness (QED) is 0.615. The van der Waals surface area contributed by atoms with E-state index in [0.717, 1.165) is 13.0 Å². The van der Waals surface area contributed by atoms with Crippen LogP contribution in [0.2, 0.25) is 0 Å². The highest BCUT2D eigenvalue weighted by molar-refractivity contribution is 5.15. The second-order valence-corrected chi connectivity index (χ2v) is 2.25. The summed E-state index contributed by atoms with van der Waals surface area (Å²) in [4.78, 5) is 0. The maximum atomic E-state index is 8.34. The lowest BCUT2D eigenvalue weighted by atomic mass is 10.0. The minimum atomic E-state index is 0.466. The molecule has 0 amide bonds. The van der Waals surface area contributed by atoms with Gasteiger partial charge in [0.05, 0.1) is 0 Å². The first-order valence-electron chi connectivity index (χ1n) is 3.41. The van der Waals surface area contributed by atoms with E-state index in [0.29, 0.717) is 5.92 Å². The summed E-state index contributed by atoms with van der Waals surface area (Å²) < 4.78 is 0. The molecule has 1 heteroatoms. The average molecular weight is 135 g/mol. The maximum absolute atomic E-state index is 8.34. The Morgan fingerprint density at radius 1 is 1.40 bits per heavy atom. The molecule has 0 fully saturated rings. The standard InChI is InChI=1S/C9H11O/c10-8-4-7-9-5-2-1-3-6-9/h1-5,7-10H,6H2. The molecule has 0 heterocycles. The van der Waals surface area contributed by atoms with Gasteiger partial charge in [-0.3, -0.25) is 0 Å². The molecule has 0 saturated heterocycles. The number of hydrogen-bond donors (Lipinski definition) is 1. The van der Waals surface area contributed by atoms with Gasteiger partial charge in [-0.1, -0.05) is 36.5 Å². The van der Waals surface area contributed by atoms with Crippen molar-refractivity contribution >= 4 is 0 Å². The van der Waals surface area contributed by atoms with E-state index in [4.69, 9.17) is 5.11 Å². The molecule has 0 aromatic carbocycles. The minimum absolute atomic E-state index is 0.466. The number of allylic oxidation sites excluding steroid dienone is 5. The largest absolute Gasteiger partial charge is 0.386 e. The molecule has 1 rings (SSSR count). The van der Waals surface area contributed by atoms with Crippen molar-refractivity contribution in [3.63, 3.8) is 0 Å². The van der Waals surface area contributed by atoms with Gasteiger partial charge in [-0.15, -0.1) is 0 Å². The summed E-state index contributed by atoms with van der Waals surface area (Å²) in [6, 6.07) is 0. The van der Waals surface area contributed by atoms with Crippen molar-refractivity contribution in [1.82, 2.24) is 0 Å². The Morgan fingerprint density at radius 3 is 2.90 bits per heavy atom. The summed E-state index contributed by atoms with van der Waals surface area (Å²) in [5.74, 6) is 0.466. The number of hydrogen-bond acceptors (Lipinski definition) is 1. The molecule has 0 spiro atoms. The third-order valence-electron chi connectivity index (χ3n) is 1.46. The Hall–Kier alpha value is -0.820. The molecule has 1 nitrogen and oxygen atoms in total. The van der Waals surface area contributed by atoms with Crippen molar-refractivity contribution in [2.75, 3.05) is 0 Å². The fourth-order valence-electron chi connectivity index (χ4n) is 0.935. The van der Waals surface area contributed by atoms with Crippen LogP contribution in [-0.2, 0) is 0 Å². The molecule has 53 valence electrons. The van der Waals surface area contributed by atoms with E-state index in [2.05, 4.69) is 12.2 Å². The van der Waals surface area contributed by atoms with Gasteiger partial charge in [0.15, 0.2) is 0 Å². The minimum Gasteiger partial charge on any atom is -0.386 e. The molecule has 10 heavy (non-hydrogen) atoms. The number of aliphatic hydroxyl groups is 1. The molecule has 0 aliphatic heterocycles. The second kappa shape index (κ2) is 4.07. The summed E-state index contributed by atoms with van der Waals surface area (Å²) in [5.41, 5.74) is 0. The van der Waals surface area contributed by atoms with Crippen molar-refractivity contribution in [2.45, 2.75) is 6.42 Å². The SMILES string of the molecule is O[CH]C=CC1C=CC=CC1. The third-order valence-corrected chi connectivity index (χ3v) is 1.46. The zero-order chi connectivity index (χ0) is 7.23. The molecule has 1 aliphatic rings. The van der Waals surface area contributed by atoms with Crippen LogP contribution in [0.5, 0.6) is 0 Å². The summed E-state index contributed by atoms with van der Waals surface area (Å²) in [5, 5.41) is 8.34. The smallest absolute Gasteiger partial charge is 0.102 e. The number of aliphatic hydroxyl groups excluding tert-OH is 1. The van der Waals surface area contributed by atoms with Gasteiger partial charge in [0.25, 0.3) is 0 Å². The van der Waals surface area contributed by atoms with Gasteiger partial charge in [-0.2, -0.15) is 0 Å². The van der Waals surface area contributed by atoms with Crippen molar-refractivity contribution in [3.05, 3.63) is 43.1 Å². The van der Waals surface area contributed by atoms with Crippen molar-refractivity contribution in [3.8, 4) is 0 Å². The molecule has 0 aromatic rings. The van der Waals surface area contributed by atoms with E-state index in [1.807, 2.05) is 18.2 Å². The highest BCUT2D eigenvalue weighted by Crippen LogP contribution is 2.12. The summed E-state index contributed by atoms with van der Waals surface area (Å²) >= 11 is 0. The van der Waals surface area contributed by atoms with Gasteiger partial charge in [-0.05, 0) is 12.3 Å².